The summed E-state index contributed by atoms with van der Waals surface area (Å²) in [4.78, 5) is 0. The molecule has 2 rings (SSSR count). The molecule has 0 bridgehead atoms. The van der Waals surface area contributed by atoms with Crippen molar-refractivity contribution in [2.75, 3.05) is 20.2 Å². The quantitative estimate of drug-likeness (QED) is 0.807. The lowest BCUT2D eigenvalue weighted by molar-refractivity contribution is 0.0140. The number of hydrogen-bond donors (Lipinski definition) is 1. The van der Waals surface area contributed by atoms with Crippen LogP contribution in [0.3, 0.4) is 0 Å². The van der Waals surface area contributed by atoms with Crippen molar-refractivity contribution in [1.29, 1.82) is 0 Å². The zero-order valence-electron chi connectivity index (χ0n) is 13.5. The first kappa shape index (κ1) is 15.4. The topological polar surface area (TPSA) is 21.3 Å². The molecule has 1 saturated carbocycles. The Labute approximate surface area is 123 Å². The van der Waals surface area contributed by atoms with Gasteiger partial charge in [0, 0.05) is 12.0 Å². The molecule has 112 valence electrons. The molecule has 1 fully saturated rings. The van der Waals surface area contributed by atoms with E-state index in [2.05, 4.69) is 50.5 Å². The van der Waals surface area contributed by atoms with Crippen LogP contribution >= 0.6 is 0 Å². The molecule has 1 N–H and O–H groups in total. The monoisotopic (exact) mass is 275 g/mol. The molecule has 0 radical (unpaired) electrons. The Bertz CT molecular complexity index is 412. The minimum Gasteiger partial charge on any atom is -0.494 e. The van der Waals surface area contributed by atoms with Gasteiger partial charge in [0.2, 0.25) is 0 Å². The van der Waals surface area contributed by atoms with E-state index < -0.39 is 0 Å². The first-order valence-electron chi connectivity index (χ1n) is 8.01. The second-order valence-corrected chi connectivity index (χ2v) is 6.33. The van der Waals surface area contributed by atoms with Gasteiger partial charge in [0.15, 0.2) is 0 Å². The molecule has 0 aromatic heterocycles. The van der Waals surface area contributed by atoms with Crippen molar-refractivity contribution in [3.05, 3.63) is 29.8 Å². The van der Waals surface area contributed by atoms with Gasteiger partial charge in [-0.2, -0.15) is 0 Å². The van der Waals surface area contributed by atoms with E-state index in [0.717, 1.165) is 18.9 Å². The van der Waals surface area contributed by atoms with Crippen molar-refractivity contribution in [3.63, 3.8) is 0 Å². The van der Waals surface area contributed by atoms with Crippen LogP contribution in [0.15, 0.2) is 24.3 Å². The summed E-state index contributed by atoms with van der Waals surface area (Å²) in [6.45, 7) is 8.51. The molecule has 2 heteroatoms. The summed E-state index contributed by atoms with van der Waals surface area (Å²) in [5.74, 6) is 0.979. The number of ether oxygens (including phenoxy) is 1. The van der Waals surface area contributed by atoms with E-state index in [1.54, 1.807) is 0 Å². The third-order valence-electron chi connectivity index (χ3n) is 5.22. The normalized spacial score (nSPS) is 19.4. The minimum atomic E-state index is 0.325. The van der Waals surface area contributed by atoms with Gasteiger partial charge in [-0.15, -0.1) is 0 Å². The highest BCUT2D eigenvalue weighted by molar-refractivity contribution is 5.36. The summed E-state index contributed by atoms with van der Waals surface area (Å²) in [6, 6.07) is 8.76. The maximum atomic E-state index is 5.55. The lowest BCUT2D eigenvalue weighted by Crippen LogP contribution is -2.53. The standard InChI is InChI=1S/C18H29NO/c1-5-17(6-2)12-18(13-17,14-19-4)15-8-10-16(11-9-15)20-7-3/h8-11,19H,5-7,12-14H2,1-4H3. The highest BCUT2D eigenvalue weighted by atomic mass is 16.5. The Kier molecular flexibility index (Phi) is 4.74. The third kappa shape index (κ3) is 2.71. The largest absolute Gasteiger partial charge is 0.494 e. The van der Waals surface area contributed by atoms with E-state index in [9.17, 15) is 0 Å². The van der Waals surface area contributed by atoms with E-state index in [1.807, 2.05) is 6.92 Å². The van der Waals surface area contributed by atoms with E-state index in [0.29, 0.717) is 10.8 Å². The number of hydrogen-bond acceptors (Lipinski definition) is 2. The lowest BCUT2D eigenvalue weighted by Gasteiger charge is -2.57. The van der Waals surface area contributed by atoms with Gasteiger partial charge in [-0.25, -0.2) is 0 Å². The van der Waals surface area contributed by atoms with Crippen molar-refractivity contribution in [2.24, 2.45) is 5.41 Å². The van der Waals surface area contributed by atoms with Gasteiger partial charge in [0.05, 0.1) is 6.61 Å². The van der Waals surface area contributed by atoms with Crippen LogP contribution in [0, 0.1) is 5.41 Å². The summed E-state index contributed by atoms with van der Waals surface area (Å²) < 4.78 is 5.55. The summed E-state index contributed by atoms with van der Waals surface area (Å²) in [7, 11) is 2.06. The Hall–Kier alpha value is -1.02. The predicted octanol–water partition coefficient (Wildman–Crippen LogP) is 4.14. The molecule has 0 amide bonds. The van der Waals surface area contributed by atoms with E-state index in [-0.39, 0.29) is 0 Å². The number of benzene rings is 1. The Morgan fingerprint density at radius 1 is 1.05 bits per heavy atom. The third-order valence-corrected chi connectivity index (χ3v) is 5.22. The first-order valence-corrected chi connectivity index (χ1v) is 8.01. The fraction of sp³-hybridized carbons (Fsp3) is 0.667. The molecular weight excluding hydrogens is 246 g/mol. The summed E-state index contributed by atoms with van der Waals surface area (Å²) in [6.07, 6.45) is 5.21. The lowest BCUT2D eigenvalue weighted by atomic mass is 9.48. The van der Waals surface area contributed by atoms with E-state index >= 15 is 0 Å². The molecule has 2 nitrogen and oxygen atoms in total. The van der Waals surface area contributed by atoms with Gasteiger partial charge in [-0.3, -0.25) is 0 Å². The first-order chi connectivity index (χ1) is 9.63. The average Bonchev–Trinajstić information content (AvgIpc) is 2.44. The maximum Gasteiger partial charge on any atom is 0.119 e. The van der Waals surface area contributed by atoms with Gasteiger partial charge in [-0.05, 0) is 49.9 Å². The van der Waals surface area contributed by atoms with Crippen LogP contribution in [0.4, 0.5) is 0 Å². The molecule has 1 aliphatic rings. The molecule has 0 aliphatic heterocycles. The smallest absolute Gasteiger partial charge is 0.119 e. The number of likely N-dealkylation sites (N-methyl/N-ethyl adjacent to an activating group) is 1. The van der Waals surface area contributed by atoms with Crippen molar-refractivity contribution in [1.82, 2.24) is 5.32 Å². The van der Waals surface area contributed by atoms with Crippen molar-refractivity contribution in [3.8, 4) is 5.75 Å². The fourth-order valence-corrected chi connectivity index (χ4v) is 3.97. The van der Waals surface area contributed by atoms with E-state index in [4.69, 9.17) is 4.74 Å². The van der Waals surface area contributed by atoms with Crippen molar-refractivity contribution >= 4 is 0 Å². The molecule has 0 saturated heterocycles. The van der Waals surface area contributed by atoms with Gasteiger partial charge in [0.25, 0.3) is 0 Å². The number of nitrogens with one attached hydrogen (secondary N) is 1. The number of rotatable bonds is 7. The Morgan fingerprint density at radius 2 is 1.65 bits per heavy atom. The zero-order chi connectivity index (χ0) is 14.6. The molecule has 20 heavy (non-hydrogen) atoms. The molecule has 0 atom stereocenters. The van der Waals surface area contributed by atoms with Crippen LogP contribution in [-0.4, -0.2) is 20.2 Å². The molecule has 0 unspecified atom stereocenters. The second kappa shape index (κ2) is 6.17. The van der Waals surface area contributed by atoms with Crippen LogP contribution in [0.25, 0.3) is 0 Å². The highest BCUT2D eigenvalue weighted by Crippen LogP contribution is 2.59. The molecule has 0 heterocycles. The van der Waals surface area contributed by atoms with Gasteiger partial charge < -0.3 is 10.1 Å². The average molecular weight is 275 g/mol. The zero-order valence-corrected chi connectivity index (χ0v) is 13.5. The molecule has 1 aliphatic carbocycles. The molecular formula is C18H29NO. The summed E-state index contributed by atoms with van der Waals surface area (Å²) in [5.41, 5.74) is 2.36. The molecule has 1 aromatic rings. The summed E-state index contributed by atoms with van der Waals surface area (Å²) in [5, 5.41) is 3.40. The Balaban J connectivity index is 2.18. The highest BCUT2D eigenvalue weighted by Gasteiger charge is 2.52. The Morgan fingerprint density at radius 3 is 2.10 bits per heavy atom. The molecule has 0 spiro atoms. The SMILES string of the molecule is CCOc1ccc(C2(CNC)CC(CC)(CC)C2)cc1. The van der Waals surface area contributed by atoms with Gasteiger partial charge in [0.1, 0.15) is 5.75 Å². The van der Waals surface area contributed by atoms with Crippen molar-refractivity contribution < 1.29 is 4.74 Å². The molecule has 1 aromatic carbocycles. The van der Waals surface area contributed by atoms with Crippen LogP contribution in [0.2, 0.25) is 0 Å². The van der Waals surface area contributed by atoms with Crippen LogP contribution in [0.5, 0.6) is 5.75 Å². The van der Waals surface area contributed by atoms with Gasteiger partial charge >= 0.3 is 0 Å². The predicted molar refractivity (Wildman–Crippen MR) is 85.5 cm³/mol. The fourth-order valence-electron chi connectivity index (χ4n) is 3.97. The summed E-state index contributed by atoms with van der Waals surface area (Å²) >= 11 is 0. The van der Waals surface area contributed by atoms with Crippen LogP contribution in [-0.2, 0) is 5.41 Å². The second-order valence-electron chi connectivity index (χ2n) is 6.33. The van der Waals surface area contributed by atoms with Crippen molar-refractivity contribution in [2.45, 2.75) is 51.9 Å². The van der Waals surface area contributed by atoms with Crippen LogP contribution < -0.4 is 10.1 Å². The minimum absolute atomic E-state index is 0.325. The van der Waals surface area contributed by atoms with E-state index in [1.165, 1.54) is 31.2 Å². The maximum absolute atomic E-state index is 5.55. The van der Waals surface area contributed by atoms with Crippen LogP contribution in [0.1, 0.15) is 52.0 Å². The van der Waals surface area contributed by atoms with Gasteiger partial charge in [-0.1, -0.05) is 38.8 Å².